The first-order valence-corrected chi connectivity index (χ1v) is 7.68. The van der Waals surface area contributed by atoms with Crippen molar-refractivity contribution in [3.8, 4) is 11.5 Å². The SMILES string of the molecule is COc1ccc(CCC(=O)N[C@@H](C)c2ccc(OC)cc2)cc1. The molecule has 2 rings (SSSR count). The van der Waals surface area contributed by atoms with E-state index in [0.717, 1.165) is 22.6 Å². The number of methoxy groups -OCH3 is 2. The Balaban J connectivity index is 1.83. The van der Waals surface area contributed by atoms with Crippen molar-refractivity contribution in [2.45, 2.75) is 25.8 Å². The van der Waals surface area contributed by atoms with Crippen LogP contribution in [0.25, 0.3) is 0 Å². The van der Waals surface area contributed by atoms with Crippen LogP contribution in [0.2, 0.25) is 0 Å². The lowest BCUT2D eigenvalue weighted by Gasteiger charge is -2.15. The standard InChI is InChI=1S/C19H23NO3/c1-14(16-7-11-18(23-3)12-8-16)20-19(21)13-6-15-4-9-17(22-2)10-5-15/h4-5,7-12,14H,6,13H2,1-3H3,(H,20,21)/t14-/m0/s1. The summed E-state index contributed by atoms with van der Waals surface area (Å²) in [6, 6.07) is 15.5. The Hall–Kier alpha value is -2.49. The number of hydrogen-bond donors (Lipinski definition) is 1. The fourth-order valence-corrected chi connectivity index (χ4v) is 2.34. The van der Waals surface area contributed by atoms with Gasteiger partial charge in [-0.15, -0.1) is 0 Å². The van der Waals surface area contributed by atoms with Crippen molar-refractivity contribution in [2.24, 2.45) is 0 Å². The first-order chi connectivity index (χ1) is 11.1. The highest BCUT2D eigenvalue weighted by molar-refractivity contribution is 5.76. The summed E-state index contributed by atoms with van der Waals surface area (Å²) in [5, 5.41) is 3.02. The van der Waals surface area contributed by atoms with Gasteiger partial charge in [0.15, 0.2) is 0 Å². The molecule has 0 fully saturated rings. The second-order valence-electron chi connectivity index (χ2n) is 5.41. The summed E-state index contributed by atoms with van der Waals surface area (Å²) >= 11 is 0. The van der Waals surface area contributed by atoms with E-state index in [2.05, 4.69) is 5.32 Å². The number of hydrogen-bond acceptors (Lipinski definition) is 3. The molecule has 122 valence electrons. The Labute approximate surface area is 137 Å². The number of benzene rings is 2. The van der Waals surface area contributed by atoms with E-state index in [9.17, 15) is 4.79 Å². The second kappa shape index (κ2) is 8.22. The summed E-state index contributed by atoms with van der Waals surface area (Å²) in [4.78, 5) is 12.1. The van der Waals surface area contributed by atoms with E-state index in [0.29, 0.717) is 12.8 Å². The summed E-state index contributed by atoms with van der Waals surface area (Å²) in [5.41, 5.74) is 2.18. The molecule has 4 nitrogen and oxygen atoms in total. The van der Waals surface area contributed by atoms with Gasteiger partial charge >= 0.3 is 0 Å². The third-order valence-electron chi connectivity index (χ3n) is 3.79. The van der Waals surface area contributed by atoms with E-state index in [4.69, 9.17) is 9.47 Å². The van der Waals surface area contributed by atoms with Crippen molar-refractivity contribution in [3.05, 3.63) is 59.7 Å². The minimum Gasteiger partial charge on any atom is -0.497 e. The van der Waals surface area contributed by atoms with Gasteiger partial charge in [-0.2, -0.15) is 0 Å². The Morgan fingerprint density at radius 1 is 0.957 bits per heavy atom. The van der Waals surface area contributed by atoms with Crippen LogP contribution in [0.3, 0.4) is 0 Å². The maximum Gasteiger partial charge on any atom is 0.220 e. The van der Waals surface area contributed by atoms with Crippen molar-refractivity contribution in [1.29, 1.82) is 0 Å². The maximum atomic E-state index is 12.1. The van der Waals surface area contributed by atoms with Crippen LogP contribution in [0.5, 0.6) is 11.5 Å². The van der Waals surface area contributed by atoms with Crippen LogP contribution in [-0.2, 0) is 11.2 Å². The topological polar surface area (TPSA) is 47.6 Å². The van der Waals surface area contributed by atoms with Gasteiger partial charge in [0.25, 0.3) is 0 Å². The molecule has 0 aliphatic rings. The number of aryl methyl sites for hydroxylation is 1. The molecule has 23 heavy (non-hydrogen) atoms. The molecule has 0 bridgehead atoms. The van der Waals surface area contributed by atoms with E-state index >= 15 is 0 Å². The van der Waals surface area contributed by atoms with Gasteiger partial charge in [0.05, 0.1) is 20.3 Å². The molecule has 0 unspecified atom stereocenters. The van der Waals surface area contributed by atoms with Crippen molar-refractivity contribution < 1.29 is 14.3 Å². The van der Waals surface area contributed by atoms with Crippen LogP contribution in [0.15, 0.2) is 48.5 Å². The molecule has 0 aliphatic heterocycles. The predicted octanol–water partition coefficient (Wildman–Crippen LogP) is 3.51. The highest BCUT2D eigenvalue weighted by Crippen LogP contribution is 2.17. The maximum absolute atomic E-state index is 12.1. The first kappa shape index (κ1) is 16.9. The molecule has 0 aromatic heterocycles. The molecule has 0 heterocycles. The van der Waals surface area contributed by atoms with Gasteiger partial charge < -0.3 is 14.8 Å². The van der Waals surface area contributed by atoms with Crippen LogP contribution in [0, 0.1) is 0 Å². The third-order valence-corrected chi connectivity index (χ3v) is 3.79. The van der Waals surface area contributed by atoms with E-state index in [1.54, 1.807) is 14.2 Å². The Morgan fingerprint density at radius 2 is 1.48 bits per heavy atom. The van der Waals surface area contributed by atoms with Crippen LogP contribution in [-0.4, -0.2) is 20.1 Å². The average molecular weight is 313 g/mol. The van der Waals surface area contributed by atoms with Crippen LogP contribution in [0.4, 0.5) is 0 Å². The van der Waals surface area contributed by atoms with Gasteiger partial charge in [-0.25, -0.2) is 0 Å². The van der Waals surface area contributed by atoms with E-state index < -0.39 is 0 Å². The van der Waals surface area contributed by atoms with Crippen LogP contribution in [0.1, 0.15) is 30.5 Å². The monoisotopic (exact) mass is 313 g/mol. The molecule has 4 heteroatoms. The van der Waals surface area contributed by atoms with E-state index in [1.165, 1.54) is 0 Å². The number of carbonyl (C=O) groups excluding carboxylic acids is 1. The Bertz CT molecular complexity index is 620. The molecule has 0 saturated carbocycles. The highest BCUT2D eigenvalue weighted by Gasteiger charge is 2.10. The predicted molar refractivity (Wildman–Crippen MR) is 90.9 cm³/mol. The van der Waals surface area contributed by atoms with Crippen molar-refractivity contribution in [3.63, 3.8) is 0 Å². The quantitative estimate of drug-likeness (QED) is 0.851. The Morgan fingerprint density at radius 3 is 2.00 bits per heavy atom. The Kier molecular flexibility index (Phi) is 6.03. The highest BCUT2D eigenvalue weighted by atomic mass is 16.5. The number of rotatable bonds is 7. The molecule has 2 aromatic carbocycles. The number of ether oxygens (including phenoxy) is 2. The van der Waals surface area contributed by atoms with Gasteiger partial charge in [0, 0.05) is 6.42 Å². The zero-order chi connectivity index (χ0) is 16.7. The molecular weight excluding hydrogens is 290 g/mol. The molecular formula is C19H23NO3. The second-order valence-corrected chi connectivity index (χ2v) is 5.41. The molecule has 0 saturated heterocycles. The van der Waals surface area contributed by atoms with Crippen molar-refractivity contribution in [2.75, 3.05) is 14.2 Å². The van der Waals surface area contributed by atoms with E-state index in [-0.39, 0.29) is 11.9 Å². The van der Waals surface area contributed by atoms with Gasteiger partial charge in [0.1, 0.15) is 11.5 Å². The van der Waals surface area contributed by atoms with Crippen LogP contribution < -0.4 is 14.8 Å². The normalized spacial score (nSPS) is 11.6. The molecule has 0 spiro atoms. The minimum atomic E-state index is -0.0238. The smallest absolute Gasteiger partial charge is 0.220 e. The van der Waals surface area contributed by atoms with Gasteiger partial charge in [-0.1, -0.05) is 24.3 Å². The molecule has 0 radical (unpaired) electrons. The molecule has 1 N–H and O–H groups in total. The summed E-state index contributed by atoms with van der Waals surface area (Å²) < 4.78 is 10.3. The lowest BCUT2D eigenvalue weighted by atomic mass is 10.1. The van der Waals surface area contributed by atoms with Gasteiger partial charge in [-0.05, 0) is 48.7 Å². The zero-order valence-corrected chi connectivity index (χ0v) is 13.8. The third kappa shape index (κ3) is 5.02. The lowest BCUT2D eigenvalue weighted by molar-refractivity contribution is -0.121. The van der Waals surface area contributed by atoms with Gasteiger partial charge in [0.2, 0.25) is 5.91 Å². The largest absolute Gasteiger partial charge is 0.497 e. The number of nitrogens with one attached hydrogen (secondary N) is 1. The number of amides is 1. The number of carbonyl (C=O) groups is 1. The van der Waals surface area contributed by atoms with E-state index in [1.807, 2.05) is 55.5 Å². The average Bonchev–Trinajstić information content (AvgIpc) is 2.60. The summed E-state index contributed by atoms with van der Waals surface area (Å²) in [6.07, 6.45) is 1.18. The zero-order valence-electron chi connectivity index (χ0n) is 13.8. The molecule has 0 aliphatic carbocycles. The van der Waals surface area contributed by atoms with Crippen molar-refractivity contribution in [1.82, 2.24) is 5.32 Å². The first-order valence-electron chi connectivity index (χ1n) is 7.68. The van der Waals surface area contributed by atoms with Gasteiger partial charge in [-0.3, -0.25) is 4.79 Å². The van der Waals surface area contributed by atoms with Crippen molar-refractivity contribution >= 4 is 5.91 Å². The molecule has 1 atom stereocenters. The fraction of sp³-hybridized carbons (Fsp3) is 0.316. The fourth-order valence-electron chi connectivity index (χ4n) is 2.34. The lowest BCUT2D eigenvalue weighted by Crippen LogP contribution is -2.26. The minimum absolute atomic E-state index is 0.0238. The summed E-state index contributed by atoms with van der Waals surface area (Å²) in [5.74, 6) is 1.68. The summed E-state index contributed by atoms with van der Waals surface area (Å²) in [7, 11) is 3.28. The summed E-state index contributed by atoms with van der Waals surface area (Å²) in [6.45, 7) is 1.98. The molecule has 2 aromatic rings. The molecule has 1 amide bonds. The van der Waals surface area contributed by atoms with Crippen LogP contribution >= 0.6 is 0 Å².